The van der Waals surface area contributed by atoms with Crippen molar-refractivity contribution in [3.63, 3.8) is 0 Å². The van der Waals surface area contributed by atoms with Crippen molar-refractivity contribution < 1.29 is 17.2 Å². The highest BCUT2D eigenvalue weighted by Gasteiger charge is 2.25. The van der Waals surface area contributed by atoms with Crippen molar-refractivity contribution >= 4 is 37.3 Å². The number of nitrogens with one attached hydrogen (secondary N) is 1. The molecule has 0 saturated heterocycles. The van der Waals surface area contributed by atoms with Gasteiger partial charge in [-0.25, -0.2) is 17.2 Å². The van der Waals surface area contributed by atoms with E-state index >= 15 is 0 Å². The van der Waals surface area contributed by atoms with E-state index in [9.17, 15) is 17.2 Å². The lowest BCUT2D eigenvalue weighted by Crippen LogP contribution is -2.17. The zero-order valence-corrected chi connectivity index (χ0v) is 13.2. The Morgan fingerprint density at radius 3 is 2.29 bits per heavy atom. The van der Waals surface area contributed by atoms with Crippen LogP contribution in [0.5, 0.6) is 0 Å². The Morgan fingerprint density at radius 1 is 1.14 bits per heavy atom. The molecule has 0 amide bonds. The topological polar surface area (TPSA) is 72.2 Å². The van der Waals surface area contributed by atoms with Gasteiger partial charge in [0.15, 0.2) is 4.90 Å². The van der Waals surface area contributed by atoms with Crippen molar-refractivity contribution in [2.45, 2.75) is 11.8 Å². The second-order valence-corrected chi connectivity index (χ2v) is 6.88. The van der Waals surface area contributed by atoms with E-state index in [4.69, 9.17) is 5.73 Å². The molecule has 0 heterocycles. The molecule has 112 valence electrons. The summed E-state index contributed by atoms with van der Waals surface area (Å²) < 4.78 is 54.4. The molecule has 0 spiro atoms. The smallest absolute Gasteiger partial charge is 0.267 e. The van der Waals surface area contributed by atoms with Crippen LogP contribution in [0.2, 0.25) is 0 Å². The molecule has 21 heavy (non-hydrogen) atoms. The Labute approximate surface area is 129 Å². The van der Waals surface area contributed by atoms with Gasteiger partial charge in [-0.2, -0.15) is 0 Å². The van der Waals surface area contributed by atoms with Gasteiger partial charge in [0.05, 0.1) is 5.69 Å². The number of hydrogen-bond acceptors (Lipinski definition) is 3. The maximum absolute atomic E-state index is 13.7. The molecule has 0 aliphatic heterocycles. The molecule has 3 N–H and O–H groups in total. The minimum Gasteiger partial charge on any atom is -0.399 e. The second-order valence-electron chi connectivity index (χ2n) is 4.40. The summed E-state index contributed by atoms with van der Waals surface area (Å²) in [5.41, 5.74) is 6.04. The van der Waals surface area contributed by atoms with Gasteiger partial charge in [-0.15, -0.1) is 0 Å². The van der Waals surface area contributed by atoms with Crippen LogP contribution < -0.4 is 10.5 Å². The average Bonchev–Trinajstić information content (AvgIpc) is 2.31. The third kappa shape index (κ3) is 3.33. The van der Waals surface area contributed by atoms with Crippen molar-refractivity contribution in [3.05, 3.63) is 52.0 Å². The number of nitrogen functional groups attached to an aromatic ring is 1. The van der Waals surface area contributed by atoms with Crippen molar-refractivity contribution in [1.82, 2.24) is 0 Å². The summed E-state index contributed by atoms with van der Waals surface area (Å²) in [7, 11) is -4.42. The Balaban J connectivity index is 2.51. The first-order valence-corrected chi connectivity index (χ1v) is 8.02. The van der Waals surface area contributed by atoms with Crippen molar-refractivity contribution in [3.8, 4) is 0 Å². The first-order chi connectivity index (χ1) is 9.70. The highest BCUT2D eigenvalue weighted by molar-refractivity contribution is 9.10. The molecule has 8 heteroatoms. The fraction of sp³-hybridized carbons (Fsp3) is 0.0769. The highest BCUT2D eigenvalue weighted by atomic mass is 79.9. The van der Waals surface area contributed by atoms with Crippen molar-refractivity contribution in [2.24, 2.45) is 0 Å². The summed E-state index contributed by atoms with van der Waals surface area (Å²) in [6, 6.07) is 6.43. The first-order valence-electron chi connectivity index (χ1n) is 5.74. The molecule has 0 bridgehead atoms. The standard InChI is InChI=1S/C13H11BrF2N2O2S/c1-7-2-3-9(14)12(4-7)18-21(19,20)13-10(15)5-8(17)6-11(13)16/h2-6,18H,17H2,1H3. The van der Waals surface area contributed by atoms with Gasteiger partial charge in [0.1, 0.15) is 11.6 Å². The molecule has 0 aromatic heterocycles. The van der Waals surface area contributed by atoms with E-state index in [1.165, 1.54) is 6.07 Å². The molecule has 2 aromatic rings. The SMILES string of the molecule is Cc1ccc(Br)c(NS(=O)(=O)c2c(F)cc(N)cc2F)c1. The summed E-state index contributed by atoms with van der Waals surface area (Å²) >= 11 is 3.17. The zero-order valence-electron chi connectivity index (χ0n) is 10.8. The molecule has 0 radical (unpaired) electrons. The summed E-state index contributed by atoms with van der Waals surface area (Å²) in [5.74, 6) is -2.49. The van der Waals surface area contributed by atoms with Gasteiger partial charge in [0, 0.05) is 10.2 Å². The number of rotatable bonds is 3. The van der Waals surface area contributed by atoms with Crippen molar-refractivity contribution in [2.75, 3.05) is 10.5 Å². The van der Waals surface area contributed by atoms with E-state index in [-0.39, 0.29) is 11.4 Å². The Bertz CT molecular complexity index is 787. The fourth-order valence-electron chi connectivity index (χ4n) is 1.75. The van der Waals surface area contributed by atoms with Gasteiger partial charge >= 0.3 is 0 Å². The summed E-state index contributed by atoms with van der Waals surface area (Å²) in [6.45, 7) is 1.76. The van der Waals surface area contributed by atoms with E-state index in [0.717, 1.165) is 17.7 Å². The maximum atomic E-state index is 13.7. The van der Waals surface area contributed by atoms with Gasteiger partial charge in [-0.3, -0.25) is 4.72 Å². The van der Waals surface area contributed by atoms with Gasteiger partial charge in [0.2, 0.25) is 0 Å². The zero-order chi connectivity index (χ0) is 15.8. The van der Waals surface area contributed by atoms with Crippen LogP contribution in [-0.4, -0.2) is 8.42 Å². The predicted molar refractivity (Wildman–Crippen MR) is 80.5 cm³/mol. The Hall–Kier alpha value is -1.67. The summed E-state index contributed by atoms with van der Waals surface area (Å²) in [5, 5.41) is 0. The largest absolute Gasteiger partial charge is 0.399 e. The lowest BCUT2D eigenvalue weighted by molar-refractivity contribution is 0.522. The molecule has 0 atom stereocenters. The van der Waals surface area contributed by atoms with Crippen LogP contribution in [0.4, 0.5) is 20.2 Å². The van der Waals surface area contributed by atoms with E-state index in [1.54, 1.807) is 19.1 Å². The minimum atomic E-state index is -4.42. The Morgan fingerprint density at radius 2 is 1.71 bits per heavy atom. The summed E-state index contributed by atoms with van der Waals surface area (Å²) in [6.07, 6.45) is 0. The molecule has 2 aromatic carbocycles. The van der Waals surface area contributed by atoms with Crippen molar-refractivity contribution in [1.29, 1.82) is 0 Å². The molecule has 0 saturated carbocycles. The van der Waals surface area contributed by atoms with E-state index < -0.39 is 26.6 Å². The van der Waals surface area contributed by atoms with E-state index in [1.807, 2.05) is 0 Å². The average molecular weight is 377 g/mol. The van der Waals surface area contributed by atoms with E-state index in [0.29, 0.717) is 4.47 Å². The maximum Gasteiger partial charge on any atom is 0.267 e. The fourth-order valence-corrected chi connectivity index (χ4v) is 3.42. The normalized spacial score (nSPS) is 11.4. The molecule has 2 rings (SSSR count). The number of benzene rings is 2. The number of halogens is 3. The van der Waals surface area contributed by atoms with Crippen LogP contribution >= 0.6 is 15.9 Å². The molecule has 4 nitrogen and oxygen atoms in total. The molecular weight excluding hydrogens is 366 g/mol. The Kier molecular flexibility index (Phi) is 4.20. The predicted octanol–water partition coefficient (Wildman–Crippen LogP) is 3.42. The van der Waals surface area contributed by atoms with Crippen LogP contribution in [0.15, 0.2) is 39.7 Å². The van der Waals surface area contributed by atoms with E-state index in [2.05, 4.69) is 20.7 Å². The molecular formula is C13H11BrF2N2O2S. The van der Waals surface area contributed by atoms with Gasteiger partial charge < -0.3 is 5.73 Å². The van der Waals surface area contributed by atoms with Crippen LogP contribution in [0, 0.1) is 18.6 Å². The second kappa shape index (κ2) is 5.61. The molecule has 0 fully saturated rings. The first kappa shape index (κ1) is 15.7. The third-order valence-electron chi connectivity index (χ3n) is 2.66. The van der Waals surface area contributed by atoms with Crippen LogP contribution in [0.3, 0.4) is 0 Å². The summed E-state index contributed by atoms with van der Waals surface area (Å²) in [4.78, 5) is -1.06. The lowest BCUT2D eigenvalue weighted by Gasteiger charge is -2.12. The molecule has 0 aliphatic rings. The van der Waals surface area contributed by atoms with Crippen LogP contribution in [0.1, 0.15) is 5.56 Å². The lowest BCUT2D eigenvalue weighted by atomic mass is 10.2. The van der Waals surface area contributed by atoms with Crippen LogP contribution in [0.25, 0.3) is 0 Å². The number of sulfonamides is 1. The quantitative estimate of drug-likeness (QED) is 0.806. The number of anilines is 2. The van der Waals surface area contributed by atoms with Gasteiger partial charge in [-0.05, 0) is 52.7 Å². The number of nitrogens with two attached hydrogens (primary N) is 1. The van der Waals surface area contributed by atoms with Gasteiger partial charge in [-0.1, -0.05) is 6.07 Å². The molecule has 0 aliphatic carbocycles. The molecule has 0 unspecified atom stereocenters. The number of aryl methyl sites for hydroxylation is 1. The minimum absolute atomic E-state index is 0.186. The van der Waals surface area contributed by atoms with Crippen LogP contribution in [-0.2, 0) is 10.0 Å². The number of hydrogen-bond donors (Lipinski definition) is 2. The monoisotopic (exact) mass is 376 g/mol. The van der Waals surface area contributed by atoms with Gasteiger partial charge in [0.25, 0.3) is 10.0 Å². The third-order valence-corrected chi connectivity index (χ3v) is 4.76. The highest BCUT2D eigenvalue weighted by Crippen LogP contribution is 2.28.